The average molecular weight is 467 g/mol. The Morgan fingerprint density at radius 3 is 2.42 bits per heavy atom. The first kappa shape index (κ1) is 22.9. The minimum absolute atomic E-state index is 0.0152. The molecule has 1 aromatic heterocycles. The molecule has 1 aromatic carbocycles. The number of carbonyl (C=O) groups is 3. The summed E-state index contributed by atoms with van der Waals surface area (Å²) in [6.45, 7) is 4.04. The van der Waals surface area contributed by atoms with Gasteiger partial charge in [0.15, 0.2) is 0 Å². The van der Waals surface area contributed by atoms with Crippen molar-refractivity contribution in [3.05, 3.63) is 57.3 Å². The Labute approximate surface area is 184 Å². The zero-order valence-electron chi connectivity index (χ0n) is 17.0. The van der Waals surface area contributed by atoms with E-state index in [9.17, 15) is 22.8 Å². The van der Waals surface area contributed by atoms with Crippen LogP contribution in [0.2, 0.25) is 0 Å². The van der Waals surface area contributed by atoms with Crippen LogP contribution >= 0.6 is 11.3 Å². The largest absolute Gasteiger partial charge is 0.461 e. The Kier molecular flexibility index (Phi) is 7.08. The second kappa shape index (κ2) is 9.58. The molecule has 2 aromatic rings. The first-order valence-corrected chi connectivity index (χ1v) is 11.7. The molecule has 1 amide bonds. The third-order valence-electron chi connectivity index (χ3n) is 4.21. The maximum atomic E-state index is 12.3. The van der Waals surface area contributed by atoms with Gasteiger partial charge in [-0.15, -0.1) is 11.3 Å². The van der Waals surface area contributed by atoms with Crippen molar-refractivity contribution in [3.8, 4) is 0 Å². The van der Waals surface area contributed by atoms with Crippen LogP contribution in [-0.2, 0) is 37.6 Å². The van der Waals surface area contributed by atoms with E-state index in [1.54, 1.807) is 24.3 Å². The van der Waals surface area contributed by atoms with Gasteiger partial charge in [-0.2, -0.15) is 12.7 Å². The molecule has 2 heterocycles. The van der Waals surface area contributed by atoms with Crippen molar-refractivity contribution in [3.63, 3.8) is 0 Å². The van der Waals surface area contributed by atoms with Crippen molar-refractivity contribution in [2.45, 2.75) is 27.0 Å². The lowest BCUT2D eigenvalue weighted by Gasteiger charge is -2.12. The van der Waals surface area contributed by atoms with Gasteiger partial charge in [-0.05, 0) is 35.7 Å². The van der Waals surface area contributed by atoms with Crippen LogP contribution in [-0.4, -0.2) is 43.7 Å². The average Bonchev–Trinajstić information content (AvgIpc) is 3.28. The van der Waals surface area contributed by atoms with Gasteiger partial charge in [0.25, 0.3) is 0 Å². The highest BCUT2D eigenvalue weighted by molar-refractivity contribution is 7.88. The summed E-state index contributed by atoms with van der Waals surface area (Å²) in [6, 6.07) is 9.60. The van der Waals surface area contributed by atoms with Gasteiger partial charge < -0.3 is 9.47 Å². The number of hydrogen-bond acceptors (Lipinski definition) is 8. The Morgan fingerprint density at radius 2 is 1.81 bits per heavy atom. The summed E-state index contributed by atoms with van der Waals surface area (Å²) in [7, 11) is -3.80. The molecule has 11 heteroatoms. The molecule has 0 spiro atoms. The van der Waals surface area contributed by atoms with E-state index in [2.05, 4.69) is 0 Å². The minimum atomic E-state index is -3.80. The normalized spacial score (nSPS) is 15.6. The van der Waals surface area contributed by atoms with Crippen molar-refractivity contribution in [1.82, 2.24) is 9.03 Å². The third-order valence-corrected chi connectivity index (χ3v) is 6.67. The molecule has 0 bridgehead atoms. The smallest absolute Gasteiger partial charge is 0.348 e. The number of hydrogen-bond donors (Lipinski definition) is 1. The molecule has 1 aliphatic rings. The number of esters is 2. The Bertz CT molecular complexity index is 1080. The number of ether oxygens (including phenoxy) is 2. The highest BCUT2D eigenvalue weighted by atomic mass is 32.2. The summed E-state index contributed by atoms with van der Waals surface area (Å²) in [5.41, 5.74) is 0.926. The zero-order valence-corrected chi connectivity index (χ0v) is 18.6. The van der Waals surface area contributed by atoms with Crippen LogP contribution in [0.4, 0.5) is 0 Å². The first-order chi connectivity index (χ1) is 14.6. The topological polar surface area (TPSA) is 119 Å². The fourth-order valence-electron chi connectivity index (χ4n) is 2.68. The molecule has 3 rings (SSSR count). The van der Waals surface area contributed by atoms with Gasteiger partial charge in [-0.1, -0.05) is 26.0 Å². The number of nitrogens with one attached hydrogen (secondary N) is 1. The minimum Gasteiger partial charge on any atom is -0.461 e. The van der Waals surface area contributed by atoms with Crippen molar-refractivity contribution in [2.24, 2.45) is 5.92 Å². The molecule has 166 valence electrons. The number of amides is 1. The highest BCUT2D eigenvalue weighted by Gasteiger charge is 2.33. The molecular weight excluding hydrogens is 444 g/mol. The SMILES string of the molecule is CC(C)COC(=O)c1ccc(COC(=O)c2ccc(CN3CC(=O)NS3(=O)=O)cc2)s1. The van der Waals surface area contributed by atoms with Crippen LogP contribution in [0, 0.1) is 5.92 Å². The Balaban J connectivity index is 1.52. The maximum absolute atomic E-state index is 12.3. The molecule has 0 saturated carbocycles. The van der Waals surface area contributed by atoms with Gasteiger partial charge >= 0.3 is 22.1 Å². The van der Waals surface area contributed by atoms with Gasteiger partial charge in [0.1, 0.15) is 11.5 Å². The molecule has 1 fully saturated rings. The van der Waals surface area contributed by atoms with Crippen LogP contribution in [0.3, 0.4) is 0 Å². The lowest BCUT2D eigenvalue weighted by molar-refractivity contribution is -0.118. The van der Waals surface area contributed by atoms with E-state index in [1.807, 2.05) is 18.6 Å². The number of rotatable bonds is 8. The van der Waals surface area contributed by atoms with Gasteiger partial charge in [-0.25, -0.2) is 14.3 Å². The fourth-order valence-corrected chi connectivity index (χ4v) is 4.58. The first-order valence-electron chi connectivity index (χ1n) is 9.46. The second-order valence-electron chi connectivity index (χ2n) is 7.33. The number of carbonyl (C=O) groups excluding carboxylic acids is 3. The summed E-state index contributed by atoms with van der Waals surface area (Å²) in [5, 5.41) is 0. The summed E-state index contributed by atoms with van der Waals surface area (Å²) < 4.78 is 36.9. The van der Waals surface area contributed by atoms with Crippen molar-refractivity contribution in [1.29, 1.82) is 0 Å². The fraction of sp³-hybridized carbons (Fsp3) is 0.350. The van der Waals surface area contributed by atoms with Gasteiger partial charge in [0, 0.05) is 11.4 Å². The molecule has 1 aliphatic heterocycles. The quantitative estimate of drug-likeness (QED) is 0.592. The summed E-state index contributed by atoms with van der Waals surface area (Å²) in [4.78, 5) is 36.6. The molecule has 1 saturated heterocycles. The molecule has 0 atom stereocenters. The molecular formula is C20H22N2O7S2. The van der Waals surface area contributed by atoms with Crippen LogP contribution in [0.15, 0.2) is 36.4 Å². The van der Waals surface area contributed by atoms with E-state index >= 15 is 0 Å². The van der Waals surface area contributed by atoms with Crippen LogP contribution in [0.1, 0.15) is 44.3 Å². The summed E-state index contributed by atoms with van der Waals surface area (Å²) in [6.07, 6.45) is 0. The Morgan fingerprint density at radius 1 is 1.10 bits per heavy atom. The molecule has 31 heavy (non-hydrogen) atoms. The molecule has 0 aliphatic carbocycles. The molecule has 9 nitrogen and oxygen atoms in total. The number of thiophene rings is 1. The number of benzene rings is 1. The zero-order chi connectivity index (χ0) is 22.6. The van der Waals surface area contributed by atoms with Gasteiger partial charge in [-0.3, -0.25) is 4.79 Å². The standard InChI is InChI=1S/C20H22N2O7S2/c1-13(2)11-28-20(25)17-8-7-16(30-17)12-29-19(24)15-5-3-14(4-6-15)9-22-10-18(23)21-31(22,26)27/h3-8,13H,9-12H2,1-2H3,(H,21,23). The number of nitrogens with zero attached hydrogens (tertiary/aromatic N) is 1. The maximum Gasteiger partial charge on any atom is 0.348 e. The van der Waals surface area contributed by atoms with E-state index in [1.165, 1.54) is 23.5 Å². The van der Waals surface area contributed by atoms with Crippen LogP contribution < -0.4 is 4.72 Å². The van der Waals surface area contributed by atoms with Crippen LogP contribution in [0.5, 0.6) is 0 Å². The van der Waals surface area contributed by atoms with E-state index in [0.717, 1.165) is 4.31 Å². The van der Waals surface area contributed by atoms with Gasteiger partial charge in [0.05, 0.1) is 18.7 Å². The predicted molar refractivity (Wildman–Crippen MR) is 112 cm³/mol. The third kappa shape index (κ3) is 6.12. The molecule has 1 N–H and O–H groups in total. The van der Waals surface area contributed by atoms with Crippen molar-refractivity contribution in [2.75, 3.05) is 13.2 Å². The van der Waals surface area contributed by atoms with Crippen LogP contribution in [0.25, 0.3) is 0 Å². The lowest BCUT2D eigenvalue weighted by atomic mass is 10.1. The van der Waals surface area contributed by atoms with Crippen molar-refractivity contribution >= 4 is 39.4 Å². The van der Waals surface area contributed by atoms with Crippen molar-refractivity contribution < 1.29 is 32.3 Å². The molecule has 0 radical (unpaired) electrons. The predicted octanol–water partition coefficient (Wildman–Crippen LogP) is 2.09. The van der Waals surface area contributed by atoms with E-state index in [0.29, 0.717) is 27.5 Å². The second-order valence-corrected chi connectivity index (χ2v) is 10.2. The van der Waals surface area contributed by atoms with E-state index in [-0.39, 0.29) is 25.6 Å². The summed E-state index contributed by atoms with van der Waals surface area (Å²) in [5.74, 6) is -1.28. The monoisotopic (exact) mass is 466 g/mol. The van der Waals surface area contributed by atoms with E-state index in [4.69, 9.17) is 9.47 Å². The lowest BCUT2D eigenvalue weighted by Crippen LogP contribution is -2.29. The van der Waals surface area contributed by atoms with E-state index < -0.39 is 28.1 Å². The van der Waals surface area contributed by atoms with Gasteiger partial charge in [0.2, 0.25) is 5.91 Å². The highest BCUT2D eigenvalue weighted by Crippen LogP contribution is 2.20. The summed E-state index contributed by atoms with van der Waals surface area (Å²) >= 11 is 1.20. The Hall–Kier alpha value is -2.76. The molecule has 0 unspecified atom stereocenters.